The maximum atomic E-state index is 10.5. The second kappa shape index (κ2) is 4.60. The van der Waals surface area contributed by atoms with Gasteiger partial charge in [0.2, 0.25) is 0 Å². The van der Waals surface area contributed by atoms with Gasteiger partial charge in [0.05, 0.1) is 0 Å². The molecule has 1 heteroatoms. The van der Waals surface area contributed by atoms with Crippen LogP contribution in [-0.2, 0) is 10.8 Å². The van der Waals surface area contributed by atoms with Crippen LogP contribution in [0.3, 0.4) is 0 Å². The van der Waals surface area contributed by atoms with E-state index in [0.29, 0.717) is 5.75 Å². The van der Waals surface area contributed by atoms with Crippen LogP contribution in [0.4, 0.5) is 0 Å². The van der Waals surface area contributed by atoms with Crippen molar-refractivity contribution < 1.29 is 5.11 Å². The van der Waals surface area contributed by atoms with Gasteiger partial charge >= 0.3 is 0 Å². The molecule has 1 N–H and O–H groups in total. The number of hydrogen-bond donors (Lipinski definition) is 1. The smallest absolute Gasteiger partial charge is 0.123 e. The van der Waals surface area contributed by atoms with Gasteiger partial charge in [-0.3, -0.25) is 0 Å². The molecule has 0 bridgehead atoms. The molecule has 0 heterocycles. The first-order chi connectivity index (χ1) is 7.94. The summed E-state index contributed by atoms with van der Waals surface area (Å²) >= 11 is 0. The van der Waals surface area contributed by atoms with Crippen molar-refractivity contribution in [3.8, 4) is 5.75 Å². The number of rotatable bonds is 1. The van der Waals surface area contributed by atoms with Gasteiger partial charge in [0.25, 0.3) is 0 Å². The first-order valence-electron chi connectivity index (χ1n) is 6.65. The molecule has 0 aliphatic heterocycles. The zero-order chi connectivity index (χ0) is 14.3. The maximum absolute atomic E-state index is 10.5. The van der Waals surface area contributed by atoms with Gasteiger partial charge in [-0.15, -0.1) is 0 Å². The molecule has 1 atom stereocenters. The zero-order valence-corrected chi connectivity index (χ0v) is 12.9. The molecule has 0 saturated heterocycles. The number of phenolic OH excluding ortho intramolecular Hbond substituents is 1. The van der Waals surface area contributed by atoms with Crippen molar-refractivity contribution in [3.63, 3.8) is 0 Å². The van der Waals surface area contributed by atoms with Crippen molar-refractivity contribution in [2.24, 2.45) is 0 Å². The second-order valence-electron chi connectivity index (χ2n) is 7.37. The van der Waals surface area contributed by atoms with Gasteiger partial charge in [0.1, 0.15) is 5.75 Å². The largest absolute Gasteiger partial charge is 0.507 e. The van der Waals surface area contributed by atoms with Gasteiger partial charge < -0.3 is 5.11 Å². The molecule has 1 aromatic rings. The van der Waals surface area contributed by atoms with E-state index >= 15 is 0 Å². The summed E-state index contributed by atoms with van der Waals surface area (Å²) in [5.41, 5.74) is 3.10. The van der Waals surface area contributed by atoms with Crippen molar-refractivity contribution in [1.29, 1.82) is 0 Å². The highest BCUT2D eigenvalue weighted by atomic mass is 16.3. The average molecular weight is 247 g/mol. The third-order valence-electron chi connectivity index (χ3n) is 3.32. The van der Waals surface area contributed by atoms with E-state index in [1.165, 1.54) is 5.56 Å². The highest BCUT2D eigenvalue weighted by molar-refractivity contribution is 5.50. The molecule has 1 rings (SSSR count). The Balaban J connectivity index is 3.59. The highest BCUT2D eigenvalue weighted by Crippen LogP contribution is 2.40. The Bertz CT molecular complexity index is 393. The topological polar surface area (TPSA) is 20.2 Å². The van der Waals surface area contributed by atoms with Crippen molar-refractivity contribution in [2.75, 3.05) is 0 Å². The van der Waals surface area contributed by atoms with Gasteiger partial charge in [0, 0.05) is 0 Å². The van der Waals surface area contributed by atoms with Gasteiger partial charge in [-0.25, -0.2) is 0 Å². The lowest BCUT2D eigenvalue weighted by Crippen LogP contribution is -2.18. The Morgan fingerprint density at radius 2 is 1.28 bits per heavy atom. The van der Waals surface area contributed by atoms with Gasteiger partial charge in [0.15, 0.2) is 0 Å². The lowest BCUT2D eigenvalue weighted by molar-refractivity contribution is 0.422. The quantitative estimate of drug-likeness (QED) is 0.746. The van der Waals surface area contributed by atoms with Crippen molar-refractivity contribution in [2.45, 2.75) is 65.2 Å². The first kappa shape index (κ1) is 15.1. The Labute approximate surface area is 112 Å². The third kappa shape index (κ3) is 3.07. The minimum absolute atomic E-state index is 0.0605. The van der Waals surface area contributed by atoms with Gasteiger partial charge in [-0.2, -0.15) is 0 Å². The van der Waals surface area contributed by atoms with Crippen LogP contribution in [0.2, 0.25) is 0 Å². The van der Waals surface area contributed by atoms with Crippen LogP contribution in [0.25, 0.3) is 0 Å². The lowest BCUT2D eigenvalue weighted by atomic mass is 9.77. The Hall–Kier alpha value is -0.980. The molecule has 0 saturated carbocycles. The molecular weight excluding hydrogens is 220 g/mol. The average Bonchev–Trinajstić information content (AvgIpc) is 2.13. The fraction of sp³-hybridized carbons (Fsp3) is 0.588. The normalized spacial score (nSPS) is 13.2. The number of benzene rings is 1. The molecule has 0 fully saturated rings. The van der Waals surface area contributed by atoms with Crippen LogP contribution in [0, 0.1) is 6.92 Å². The lowest BCUT2D eigenvalue weighted by Gasteiger charge is -2.28. The SMILES string of the molecule is [CH2]C(C)c1cc(C(C)(C)C)c(O)c(C(C)(C)C)c1. The third-order valence-corrected chi connectivity index (χ3v) is 3.32. The summed E-state index contributed by atoms with van der Waals surface area (Å²) in [6.45, 7) is 19.0. The summed E-state index contributed by atoms with van der Waals surface area (Å²) in [7, 11) is 0. The van der Waals surface area contributed by atoms with E-state index in [2.05, 4.69) is 67.5 Å². The second-order valence-corrected chi connectivity index (χ2v) is 7.37. The van der Waals surface area contributed by atoms with Crippen LogP contribution >= 0.6 is 0 Å². The molecule has 0 amide bonds. The van der Waals surface area contributed by atoms with E-state index in [4.69, 9.17) is 0 Å². The molecule has 0 aromatic heterocycles. The number of aromatic hydroxyl groups is 1. The Kier molecular flexibility index (Phi) is 3.86. The van der Waals surface area contributed by atoms with Crippen LogP contribution in [-0.4, -0.2) is 5.11 Å². The summed E-state index contributed by atoms with van der Waals surface area (Å²) in [4.78, 5) is 0. The summed E-state index contributed by atoms with van der Waals surface area (Å²) in [5, 5.41) is 10.5. The molecule has 1 aromatic carbocycles. The molecule has 1 unspecified atom stereocenters. The summed E-state index contributed by atoms with van der Waals surface area (Å²) in [5.74, 6) is 0.673. The number of hydrogen-bond acceptors (Lipinski definition) is 1. The predicted octanol–water partition coefficient (Wildman–Crippen LogP) is 4.92. The molecule has 18 heavy (non-hydrogen) atoms. The highest BCUT2D eigenvalue weighted by Gasteiger charge is 2.26. The van der Waals surface area contributed by atoms with E-state index < -0.39 is 0 Å². The standard InChI is InChI=1S/C17H27O/c1-11(2)12-9-13(16(3,4)5)15(18)14(10-12)17(6,7)8/h9-11,18H,1H2,2-8H3. The maximum Gasteiger partial charge on any atom is 0.123 e. The zero-order valence-electron chi connectivity index (χ0n) is 12.9. The van der Waals surface area contributed by atoms with Gasteiger partial charge in [-0.1, -0.05) is 60.6 Å². The van der Waals surface area contributed by atoms with E-state index in [-0.39, 0.29) is 16.7 Å². The van der Waals surface area contributed by atoms with E-state index in [0.717, 1.165) is 11.1 Å². The Morgan fingerprint density at radius 3 is 1.50 bits per heavy atom. The van der Waals surface area contributed by atoms with E-state index in [9.17, 15) is 5.11 Å². The van der Waals surface area contributed by atoms with Crippen LogP contribution in [0.5, 0.6) is 5.75 Å². The van der Waals surface area contributed by atoms with E-state index in [1.807, 2.05) is 0 Å². The minimum atomic E-state index is -0.0605. The predicted molar refractivity (Wildman–Crippen MR) is 79.3 cm³/mol. The molecule has 0 spiro atoms. The summed E-state index contributed by atoms with van der Waals surface area (Å²) < 4.78 is 0. The molecule has 0 aliphatic rings. The molecule has 1 radical (unpaired) electrons. The Morgan fingerprint density at radius 1 is 0.944 bits per heavy atom. The van der Waals surface area contributed by atoms with Crippen LogP contribution < -0.4 is 0 Å². The van der Waals surface area contributed by atoms with E-state index in [1.54, 1.807) is 0 Å². The number of phenols is 1. The van der Waals surface area contributed by atoms with Crippen molar-refractivity contribution >= 4 is 0 Å². The molecule has 101 valence electrons. The molecule has 1 nitrogen and oxygen atoms in total. The van der Waals surface area contributed by atoms with Crippen molar-refractivity contribution in [1.82, 2.24) is 0 Å². The van der Waals surface area contributed by atoms with Gasteiger partial charge in [-0.05, 0) is 40.4 Å². The molecular formula is C17H27O. The minimum Gasteiger partial charge on any atom is -0.507 e. The monoisotopic (exact) mass is 247 g/mol. The first-order valence-corrected chi connectivity index (χ1v) is 6.65. The van der Waals surface area contributed by atoms with Crippen LogP contribution in [0.1, 0.15) is 71.1 Å². The summed E-state index contributed by atoms with van der Waals surface area (Å²) in [6, 6.07) is 4.20. The summed E-state index contributed by atoms with van der Waals surface area (Å²) in [6.07, 6.45) is 0. The molecule has 0 aliphatic carbocycles. The fourth-order valence-corrected chi connectivity index (χ4v) is 2.08. The fourth-order valence-electron chi connectivity index (χ4n) is 2.08. The van der Waals surface area contributed by atoms with Crippen molar-refractivity contribution in [3.05, 3.63) is 35.7 Å². The van der Waals surface area contributed by atoms with Crippen LogP contribution in [0.15, 0.2) is 12.1 Å².